The summed E-state index contributed by atoms with van der Waals surface area (Å²) >= 11 is 0. The van der Waals surface area contributed by atoms with E-state index in [-0.39, 0.29) is 11.7 Å². The molecule has 0 amide bonds. The molecule has 0 unspecified atom stereocenters. The molecule has 146 valence electrons. The van der Waals surface area contributed by atoms with E-state index >= 15 is 0 Å². The molecule has 4 aromatic rings. The van der Waals surface area contributed by atoms with Crippen molar-refractivity contribution < 1.29 is 9.13 Å². The molecule has 1 atom stereocenters. The third kappa shape index (κ3) is 3.26. The summed E-state index contributed by atoms with van der Waals surface area (Å²) in [6.07, 6.45) is 6.34. The van der Waals surface area contributed by atoms with Crippen LogP contribution in [0.2, 0.25) is 0 Å². The van der Waals surface area contributed by atoms with E-state index < -0.39 is 0 Å². The first-order valence-corrected chi connectivity index (χ1v) is 9.46. The Kier molecular flexibility index (Phi) is 4.31. The molecule has 1 aliphatic heterocycles. The number of ether oxygens (including phenoxy) is 1. The van der Waals surface area contributed by atoms with Crippen molar-refractivity contribution in [3.8, 4) is 28.4 Å². The Morgan fingerprint density at radius 3 is 3.00 bits per heavy atom. The lowest BCUT2D eigenvalue weighted by molar-refractivity contribution is 0.246. The second kappa shape index (κ2) is 7.12. The fourth-order valence-electron chi connectivity index (χ4n) is 3.77. The van der Waals surface area contributed by atoms with Crippen molar-refractivity contribution in [3.63, 3.8) is 0 Å². The summed E-state index contributed by atoms with van der Waals surface area (Å²) in [5.41, 5.74) is 5.02. The zero-order valence-corrected chi connectivity index (χ0v) is 15.8. The van der Waals surface area contributed by atoms with Gasteiger partial charge in [-0.3, -0.25) is 4.98 Å². The summed E-state index contributed by atoms with van der Waals surface area (Å²) in [6.45, 7) is 3.12. The number of halogens is 1. The van der Waals surface area contributed by atoms with E-state index in [2.05, 4.69) is 25.4 Å². The largest absolute Gasteiger partial charge is 0.490 e. The summed E-state index contributed by atoms with van der Waals surface area (Å²) in [4.78, 5) is 8.97. The molecular formula is C21H19FN6O. The molecule has 1 aromatic carbocycles. The van der Waals surface area contributed by atoms with Gasteiger partial charge in [-0.2, -0.15) is 15.4 Å². The molecule has 7 nitrogen and oxygen atoms in total. The van der Waals surface area contributed by atoms with Crippen molar-refractivity contribution in [1.29, 1.82) is 0 Å². The van der Waals surface area contributed by atoms with E-state index in [1.165, 1.54) is 6.07 Å². The highest BCUT2D eigenvalue weighted by Crippen LogP contribution is 2.36. The summed E-state index contributed by atoms with van der Waals surface area (Å²) in [7, 11) is 0. The van der Waals surface area contributed by atoms with Crippen LogP contribution in [0.1, 0.15) is 23.6 Å². The molecule has 0 fully saturated rings. The Balaban J connectivity index is 1.40. The van der Waals surface area contributed by atoms with Crippen molar-refractivity contribution >= 4 is 0 Å². The smallest absolute Gasteiger partial charge is 0.165 e. The first kappa shape index (κ1) is 17.5. The lowest BCUT2D eigenvalue weighted by Gasteiger charge is -2.26. The number of nitrogens with one attached hydrogen (secondary N) is 1. The van der Waals surface area contributed by atoms with Gasteiger partial charge >= 0.3 is 0 Å². The van der Waals surface area contributed by atoms with Gasteiger partial charge in [-0.1, -0.05) is 12.1 Å². The first-order chi connectivity index (χ1) is 14.2. The highest BCUT2D eigenvalue weighted by molar-refractivity contribution is 5.67. The predicted octanol–water partition coefficient (Wildman–Crippen LogP) is 3.74. The highest BCUT2D eigenvalue weighted by atomic mass is 19.1. The van der Waals surface area contributed by atoms with Gasteiger partial charge in [0.15, 0.2) is 11.6 Å². The van der Waals surface area contributed by atoms with Crippen molar-refractivity contribution in [2.75, 3.05) is 6.61 Å². The Bertz CT molecular complexity index is 1170. The van der Waals surface area contributed by atoms with E-state index in [1.54, 1.807) is 18.6 Å². The quantitative estimate of drug-likeness (QED) is 0.574. The number of para-hydroxylation sites is 1. The monoisotopic (exact) mass is 390 g/mol. The van der Waals surface area contributed by atoms with Crippen molar-refractivity contribution in [3.05, 3.63) is 66.1 Å². The number of rotatable bonds is 4. The average molecular weight is 390 g/mol. The molecule has 0 aliphatic carbocycles. The van der Waals surface area contributed by atoms with E-state index in [1.807, 2.05) is 35.9 Å². The van der Waals surface area contributed by atoms with Gasteiger partial charge in [0.25, 0.3) is 0 Å². The van der Waals surface area contributed by atoms with E-state index in [9.17, 15) is 4.39 Å². The van der Waals surface area contributed by atoms with Crippen LogP contribution in [0.5, 0.6) is 5.75 Å². The van der Waals surface area contributed by atoms with Crippen LogP contribution in [0.4, 0.5) is 4.39 Å². The fourth-order valence-corrected chi connectivity index (χ4v) is 3.77. The number of H-pyrrole nitrogens is 1. The number of hydrogen-bond acceptors (Lipinski definition) is 5. The number of hydrogen-bond donors (Lipinski definition) is 1. The molecule has 1 aliphatic rings. The molecule has 4 heterocycles. The third-order valence-electron chi connectivity index (χ3n) is 5.23. The van der Waals surface area contributed by atoms with Gasteiger partial charge in [0.05, 0.1) is 24.3 Å². The van der Waals surface area contributed by atoms with Gasteiger partial charge in [0, 0.05) is 36.0 Å². The number of aromatic amines is 1. The fraction of sp³-hybridized carbons (Fsp3) is 0.238. The van der Waals surface area contributed by atoms with Crippen LogP contribution in [0.3, 0.4) is 0 Å². The summed E-state index contributed by atoms with van der Waals surface area (Å²) in [6, 6.07) is 8.96. The number of aryl methyl sites for hydroxylation is 1. The number of aromatic nitrogens is 6. The van der Waals surface area contributed by atoms with Crippen molar-refractivity contribution in [2.24, 2.45) is 0 Å². The average Bonchev–Trinajstić information content (AvgIpc) is 3.38. The molecule has 0 saturated carbocycles. The minimum absolute atomic E-state index is 0.175. The Hall–Kier alpha value is -3.55. The highest BCUT2D eigenvalue weighted by Gasteiger charge is 2.24. The second-order valence-corrected chi connectivity index (χ2v) is 7.14. The number of fused-ring (bicyclic) bond motifs is 1. The zero-order valence-electron chi connectivity index (χ0n) is 15.8. The third-order valence-corrected chi connectivity index (χ3v) is 5.23. The molecule has 1 N–H and O–H groups in total. The molecule has 0 spiro atoms. The minimum atomic E-state index is -0.303. The van der Waals surface area contributed by atoms with Crippen LogP contribution in [0, 0.1) is 12.7 Å². The maximum Gasteiger partial charge on any atom is 0.165 e. The Morgan fingerprint density at radius 1 is 1.21 bits per heavy atom. The molecule has 0 saturated heterocycles. The lowest BCUT2D eigenvalue weighted by Crippen LogP contribution is -2.19. The molecule has 3 aromatic heterocycles. The van der Waals surface area contributed by atoms with Crippen LogP contribution in [0.15, 0.2) is 49.1 Å². The molecule has 8 heteroatoms. The summed E-state index contributed by atoms with van der Waals surface area (Å²) in [5, 5.41) is 10.9. The van der Waals surface area contributed by atoms with Crippen molar-refractivity contribution in [2.45, 2.75) is 25.8 Å². The Labute approximate surface area is 166 Å². The molecule has 0 bridgehead atoms. The van der Waals surface area contributed by atoms with Crippen LogP contribution < -0.4 is 4.74 Å². The van der Waals surface area contributed by atoms with Gasteiger partial charge in [-0.15, -0.1) is 0 Å². The minimum Gasteiger partial charge on any atom is -0.490 e. The van der Waals surface area contributed by atoms with E-state index in [0.29, 0.717) is 18.9 Å². The molecular weight excluding hydrogens is 371 g/mol. The maximum absolute atomic E-state index is 14.0. The molecule has 29 heavy (non-hydrogen) atoms. The normalized spacial score (nSPS) is 15.7. The lowest BCUT2D eigenvalue weighted by atomic mass is 9.93. The van der Waals surface area contributed by atoms with Gasteiger partial charge in [-0.05, 0) is 31.5 Å². The van der Waals surface area contributed by atoms with Crippen LogP contribution in [-0.2, 0) is 6.54 Å². The van der Waals surface area contributed by atoms with Gasteiger partial charge < -0.3 is 9.30 Å². The van der Waals surface area contributed by atoms with E-state index in [0.717, 1.165) is 40.3 Å². The first-order valence-electron chi connectivity index (χ1n) is 9.46. The zero-order chi connectivity index (χ0) is 19.8. The maximum atomic E-state index is 14.0. The molecule has 5 rings (SSSR count). The van der Waals surface area contributed by atoms with Crippen LogP contribution in [-0.4, -0.2) is 36.6 Å². The SMILES string of the molecule is Cc1n[nH]nc1-c1ccnc(-c2cn(C[C@@H]3CCOc4c(F)cccc43)cn2)c1. The number of nitrogens with zero attached hydrogens (tertiary/aromatic N) is 5. The number of benzene rings is 1. The number of pyridine rings is 1. The van der Waals surface area contributed by atoms with Crippen LogP contribution in [0.25, 0.3) is 22.6 Å². The standard InChI is InChI=1S/C21H19FN6O/c1-13-20(26-27-25-13)14-5-7-23-18(9-14)19-11-28(12-24-19)10-15-6-8-29-21-16(15)3-2-4-17(21)22/h2-5,7,9,11-12,15H,6,8,10H2,1H3,(H,25,26,27)/t15-/m0/s1. The van der Waals surface area contributed by atoms with Crippen molar-refractivity contribution in [1.82, 2.24) is 29.9 Å². The summed E-state index contributed by atoms with van der Waals surface area (Å²) < 4.78 is 21.6. The molecule has 0 radical (unpaired) electrons. The summed E-state index contributed by atoms with van der Waals surface area (Å²) in [5.74, 6) is 0.248. The van der Waals surface area contributed by atoms with E-state index in [4.69, 9.17) is 4.74 Å². The van der Waals surface area contributed by atoms with Gasteiger partial charge in [0.2, 0.25) is 0 Å². The van der Waals surface area contributed by atoms with Gasteiger partial charge in [-0.25, -0.2) is 9.37 Å². The van der Waals surface area contributed by atoms with Crippen LogP contribution >= 0.6 is 0 Å². The second-order valence-electron chi connectivity index (χ2n) is 7.14. The number of imidazole rings is 1. The Morgan fingerprint density at radius 2 is 2.14 bits per heavy atom. The topological polar surface area (TPSA) is 81.5 Å². The predicted molar refractivity (Wildman–Crippen MR) is 105 cm³/mol. The van der Waals surface area contributed by atoms with Gasteiger partial charge in [0.1, 0.15) is 11.4 Å².